The van der Waals surface area contributed by atoms with E-state index in [9.17, 15) is 7.61 Å². The molecule has 0 aliphatic rings. The second-order valence-electron chi connectivity index (χ2n) is 0.204. The van der Waals surface area contributed by atoms with Gasteiger partial charge in [0, 0.05) is 0 Å². The van der Waals surface area contributed by atoms with E-state index in [0.29, 0.717) is 0 Å². The normalized spacial score (nSPS) is 4.57. The molecular weight excluding hydrogens is 176 g/mol. The predicted molar refractivity (Wildman–Crippen MR) is 15.3 cm³/mol. The van der Waals surface area contributed by atoms with Gasteiger partial charge in [0.15, 0.2) is 0 Å². The van der Waals surface area contributed by atoms with Gasteiger partial charge in [0.25, 0.3) is 0 Å². The molecular formula is C2H6Cr2O3-2. The molecule has 3 nitrogen and oxygen atoms in total. The minimum atomic E-state index is -1.11. The molecule has 0 fully saturated rings. The molecule has 0 N–H and O–H groups in total. The molecule has 0 saturated carbocycles. The van der Waals surface area contributed by atoms with Gasteiger partial charge in [-0.2, -0.15) is 0 Å². The van der Waals surface area contributed by atoms with Crippen molar-refractivity contribution in [1.82, 2.24) is 0 Å². The third kappa shape index (κ3) is 20.6. The van der Waals surface area contributed by atoms with Crippen LogP contribution in [0.25, 0.3) is 0 Å². The van der Waals surface area contributed by atoms with E-state index < -0.39 is 31.0 Å². The van der Waals surface area contributed by atoms with Gasteiger partial charge in [-0.3, -0.25) is 0 Å². The average Bonchev–Trinajstić information content (AvgIpc) is 1.41. The Morgan fingerprint density at radius 3 is 1.29 bits per heavy atom. The van der Waals surface area contributed by atoms with E-state index >= 15 is 0 Å². The third-order valence-corrected chi connectivity index (χ3v) is 0.944. The van der Waals surface area contributed by atoms with Crippen molar-refractivity contribution >= 4 is 0 Å². The summed E-state index contributed by atoms with van der Waals surface area (Å²) in [5.41, 5.74) is 0. The minimum absolute atomic E-state index is 0. The van der Waals surface area contributed by atoms with Gasteiger partial charge in [-0.05, 0) is 0 Å². The van der Waals surface area contributed by atoms with Crippen molar-refractivity contribution in [3.63, 3.8) is 0 Å². The molecule has 46 valence electrons. The zero-order valence-electron chi connectivity index (χ0n) is 4.04. The molecule has 0 rings (SSSR count). The van der Waals surface area contributed by atoms with Gasteiger partial charge >= 0.3 is 41.4 Å². The van der Waals surface area contributed by atoms with Crippen LogP contribution in [0.1, 0.15) is 0 Å². The van der Waals surface area contributed by atoms with E-state index in [0.717, 1.165) is 0 Å². The van der Waals surface area contributed by atoms with E-state index in [1.54, 1.807) is 0 Å². The van der Waals surface area contributed by atoms with Crippen molar-refractivity contribution < 1.29 is 41.4 Å². The first-order valence-corrected chi connectivity index (χ1v) is 2.75. The van der Waals surface area contributed by atoms with Crippen LogP contribution >= 0.6 is 0 Å². The quantitative estimate of drug-likeness (QED) is 0.587. The fraction of sp³-hybridized carbons (Fsp3) is 0. The van der Waals surface area contributed by atoms with Crippen LogP contribution in [0.4, 0.5) is 0 Å². The molecule has 0 aromatic carbocycles. The van der Waals surface area contributed by atoms with Crippen molar-refractivity contribution in [3.8, 4) is 0 Å². The Hall–Kier alpha value is 0.625. The summed E-state index contributed by atoms with van der Waals surface area (Å²) in [6.45, 7) is 0. The summed E-state index contributed by atoms with van der Waals surface area (Å²) in [6.07, 6.45) is 0. The molecule has 0 heterocycles. The summed E-state index contributed by atoms with van der Waals surface area (Å²) >= 11 is -2.22. The fourth-order valence-corrected chi connectivity index (χ4v) is 0.193. The molecule has 0 amide bonds. The molecule has 0 aliphatic carbocycles. The fourth-order valence-electron chi connectivity index (χ4n) is 0.0113. The summed E-state index contributed by atoms with van der Waals surface area (Å²) in [7, 11) is 0. The van der Waals surface area contributed by atoms with E-state index in [-0.39, 0.29) is 14.9 Å². The first kappa shape index (κ1) is 15.6. The van der Waals surface area contributed by atoms with Gasteiger partial charge in [0.05, 0.1) is 0 Å². The summed E-state index contributed by atoms with van der Waals surface area (Å²) in [6, 6.07) is 0. The maximum absolute atomic E-state index is 9.19. The molecule has 0 aliphatic heterocycles. The van der Waals surface area contributed by atoms with E-state index in [4.69, 9.17) is 0 Å². The van der Waals surface area contributed by atoms with Crippen LogP contribution in [0.2, 0.25) is 0 Å². The van der Waals surface area contributed by atoms with Crippen LogP contribution in [0, 0.1) is 14.9 Å². The van der Waals surface area contributed by atoms with Gasteiger partial charge in [0.2, 0.25) is 0 Å². The van der Waals surface area contributed by atoms with Crippen molar-refractivity contribution in [3.05, 3.63) is 14.9 Å². The van der Waals surface area contributed by atoms with Gasteiger partial charge in [0.1, 0.15) is 0 Å². The maximum atomic E-state index is 9.19. The monoisotopic (exact) mass is 182 g/mol. The van der Waals surface area contributed by atoms with E-state index in [2.05, 4.69) is 2.84 Å². The molecule has 0 unspecified atom stereocenters. The Bertz CT molecular complexity index is 40.2. The number of hydrogen-bond acceptors (Lipinski definition) is 3. The molecule has 0 saturated heterocycles. The molecule has 0 atom stereocenters. The Kier molecular flexibility index (Phi) is 35.7. The van der Waals surface area contributed by atoms with Gasteiger partial charge in [-0.15, -0.1) is 0 Å². The van der Waals surface area contributed by atoms with Gasteiger partial charge in [-0.25, -0.2) is 0 Å². The Balaban J connectivity index is -0.0000000800. The molecule has 0 bridgehead atoms. The molecule has 7 heavy (non-hydrogen) atoms. The second kappa shape index (κ2) is 16.0. The van der Waals surface area contributed by atoms with E-state index in [1.165, 1.54) is 0 Å². The first-order chi connectivity index (χ1) is 2.41. The molecule has 0 spiro atoms. The summed E-state index contributed by atoms with van der Waals surface area (Å²) in [5, 5.41) is 0. The van der Waals surface area contributed by atoms with Crippen LogP contribution in [-0.2, 0) is 41.4 Å². The summed E-state index contributed by atoms with van der Waals surface area (Å²) in [5.74, 6) is 0. The van der Waals surface area contributed by atoms with Crippen molar-refractivity contribution in [2.75, 3.05) is 0 Å². The van der Waals surface area contributed by atoms with Crippen LogP contribution in [0.15, 0.2) is 0 Å². The first-order valence-electron chi connectivity index (χ1n) is 0.667. The predicted octanol–water partition coefficient (Wildman–Crippen LogP) is 0.590. The standard InChI is InChI=1S/2CH3.2Cr.3O/h2*1H3;;;;;/q2*-1;;;;;. The Labute approximate surface area is 56.6 Å². The van der Waals surface area contributed by atoms with Crippen LogP contribution in [0.3, 0.4) is 0 Å². The molecule has 5 heteroatoms. The van der Waals surface area contributed by atoms with Gasteiger partial charge in [-0.1, -0.05) is 0 Å². The third-order valence-electron chi connectivity index (χ3n) is 0.0556. The van der Waals surface area contributed by atoms with Crippen molar-refractivity contribution in [2.24, 2.45) is 0 Å². The second-order valence-corrected chi connectivity index (χ2v) is 1.72. The van der Waals surface area contributed by atoms with Crippen molar-refractivity contribution in [1.29, 1.82) is 0 Å². The van der Waals surface area contributed by atoms with Crippen LogP contribution in [0.5, 0.6) is 0 Å². The Morgan fingerprint density at radius 2 is 1.29 bits per heavy atom. The van der Waals surface area contributed by atoms with Gasteiger partial charge < -0.3 is 14.9 Å². The number of hydrogen-bond donors (Lipinski definition) is 0. The average molecular weight is 182 g/mol. The Morgan fingerprint density at radius 1 is 1.00 bits per heavy atom. The zero-order chi connectivity index (χ0) is 4.12. The van der Waals surface area contributed by atoms with Crippen molar-refractivity contribution in [2.45, 2.75) is 0 Å². The molecule has 0 aromatic rings. The SMILES string of the molecule is [CH3-].[CH3-].[O]=[Cr][O][Cr]=[O]. The van der Waals surface area contributed by atoms with E-state index in [1.807, 2.05) is 0 Å². The summed E-state index contributed by atoms with van der Waals surface area (Å²) in [4.78, 5) is 0. The zero-order valence-corrected chi connectivity index (χ0v) is 6.59. The van der Waals surface area contributed by atoms with Crippen LogP contribution < -0.4 is 0 Å². The van der Waals surface area contributed by atoms with Crippen LogP contribution in [-0.4, -0.2) is 0 Å². The molecule has 0 radical (unpaired) electrons. The summed E-state index contributed by atoms with van der Waals surface area (Å²) < 4.78 is 22.2. The molecule has 0 aromatic heterocycles. The topological polar surface area (TPSA) is 43.4 Å². The number of rotatable bonds is 2.